The number of hydrogen-bond acceptors (Lipinski definition) is 6. The first-order valence-electron chi connectivity index (χ1n) is 14.6. The molecule has 1 unspecified atom stereocenters. The maximum Gasteiger partial charge on any atom is 0.346 e. The van der Waals surface area contributed by atoms with Crippen molar-refractivity contribution in [3.63, 3.8) is 0 Å². The molecule has 0 spiro atoms. The highest BCUT2D eigenvalue weighted by atomic mass is 16.7. The molecule has 2 atom stereocenters. The van der Waals surface area contributed by atoms with Gasteiger partial charge in [0.05, 0.1) is 11.1 Å². The van der Waals surface area contributed by atoms with E-state index in [4.69, 9.17) is 13.9 Å². The number of unbranched alkanes of at least 4 members (excludes halogenated alkanes) is 1. The van der Waals surface area contributed by atoms with Crippen LogP contribution in [0.15, 0.2) is 106 Å². The zero-order chi connectivity index (χ0) is 29.1. The van der Waals surface area contributed by atoms with Gasteiger partial charge >= 0.3 is 5.63 Å². The van der Waals surface area contributed by atoms with E-state index in [2.05, 4.69) is 18.2 Å². The van der Waals surface area contributed by atoms with Crippen LogP contribution < -0.4 is 10.4 Å². The predicted molar refractivity (Wildman–Crippen MR) is 160 cm³/mol. The molecule has 0 aliphatic carbocycles. The van der Waals surface area contributed by atoms with Crippen LogP contribution in [0.4, 0.5) is 0 Å². The molecule has 43 heavy (non-hydrogen) atoms. The summed E-state index contributed by atoms with van der Waals surface area (Å²) in [6.07, 6.45) is 1.59. The van der Waals surface area contributed by atoms with Crippen molar-refractivity contribution in [1.82, 2.24) is 4.90 Å². The highest BCUT2D eigenvalue weighted by molar-refractivity contribution is 6.21. The lowest BCUT2D eigenvalue weighted by atomic mass is 9.83. The van der Waals surface area contributed by atoms with Crippen molar-refractivity contribution in [3.05, 3.63) is 135 Å². The van der Waals surface area contributed by atoms with Crippen molar-refractivity contribution < 1.29 is 23.5 Å². The summed E-state index contributed by atoms with van der Waals surface area (Å²) in [4.78, 5) is 40.6. The van der Waals surface area contributed by atoms with E-state index in [1.807, 2.05) is 48.5 Å². The topological polar surface area (TPSA) is 86.0 Å². The van der Waals surface area contributed by atoms with Gasteiger partial charge in [0.1, 0.15) is 23.2 Å². The van der Waals surface area contributed by atoms with Crippen LogP contribution >= 0.6 is 0 Å². The van der Waals surface area contributed by atoms with Gasteiger partial charge in [0.2, 0.25) is 5.79 Å². The Labute approximate surface area is 247 Å². The number of carbonyl (C=O) groups excluding carboxylic acids is 2. The summed E-state index contributed by atoms with van der Waals surface area (Å²) < 4.78 is 19.2. The number of fused-ring (bicyclic) bond motifs is 9. The van der Waals surface area contributed by atoms with E-state index in [-0.39, 0.29) is 11.8 Å². The van der Waals surface area contributed by atoms with E-state index in [1.54, 1.807) is 30.3 Å². The summed E-state index contributed by atoms with van der Waals surface area (Å²) >= 11 is 0. The maximum absolute atomic E-state index is 13.5. The van der Waals surface area contributed by atoms with E-state index < -0.39 is 17.5 Å². The number of hydrogen-bond donors (Lipinski definition) is 0. The van der Waals surface area contributed by atoms with Gasteiger partial charge in [0, 0.05) is 31.0 Å². The Morgan fingerprint density at radius 2 is 1.51 bits per heavy atom. The van der Waals surface area contributed by atoms with Crippen molar-refractivity contribution in [1.29, 1.82) is 0 Å². The van der Waals surface area contributed by atoms with E-state index in [0.717, 1.165) is 27.5 Å². The largest absolute Gasteiger partial charge is 0.461 e. The molecule has 7 heteroatoms. The Morgan fingerprint density at radius 1 is 0.791 bits per heavy atom. The fraction of sp³-hybridized carbons (Fsp3) is 0.194. The molecule has 0 saturated carbocycles. The average molecular weight is 570 g/mol. The van der Waals surface area contributed by atoms with Crippen molar-refractivity contribution >= 4 is 22.6 Å². The molecule has 7 nitrogen and oxygen atoms in total. The lowest BCUT2D eigenvalue weighted by Crippen LogP contribution is -2.50. The number of carbonyl (C=O) groups is 2. The Balaban J connectivity index is 1.13. The minimum atomic E-state index is -1.03. The van der Waals surface area contributed by atoms with Crippen LogP contribution in [0.5, 0.6) is 5.75 Å². The highest BCUT2D eigenvalue weighted by Crippen LogP contribution is 2.50. The number of amides is 2. The van der Waals surface area contributed by atoms with Crippen molar-refractivity contribution in [2.24, 2.45) is 0 Å². The first-order valence-corrected chi connectivity index (χ1v) is 14.6. The Kier molecular flexibility index (Phi) is 5.84. The summed E-state index contributed by atoms with van der Waals surface area (Å²) in [5.74, 6) is -0.639. The smallest absolute Gasteiger partial charge is 0.346 e. The van der Waals surface area contributed by atoms with Crippen LogP contribution in [0.25, 0.3) is 22.1 Å². The molecule has 2 amide bonds. The molecule has 212 valence electrons. The minimum absolute atomic E-state index is 0.254. The van der Waals surface area contributed by atoms with E-state index in [0.29, 0.717) is 60.4 Å². The van der Waals surface area contributed by atoms with Crippen LogP contribution in [-0.4, -0.2) is 29.0 Å². The molecule has 0 N–H and O–H groups in total. The normalized spacial score (nSPS) is 20.0. The van der Waals surface area contributed by atoms with Gasteiger partial charge in [-0.25, -0.2) is 4.79 Å². The van der Waals surface area contributed by atoms with Gasteiger partial charge in [-0.15, -0.1) is 0 Å². The van der Waals surface area contributed by atoms with Gasteiger partial charge in [0.25, 0.3) is 11.8 Å². The average Bonchev–Trinajstić information content (AvgIpc) is 3.28. The standard InChI is InChI=1S/C36H27NO6/c38-33-26-14-6-7-15-27(26)34(39)37(33)19-9-8-18-36-21-28-24-13-5-4-10-22(24)16-17-25(28)32(43-36)31-30(42-36)20-29(41-35(31)40)23-11-2-1-3-12-23/h1-7,10-17,20,32H,8-9,18-19,21H2/t32?,36-/m1/s1. The molecule has 3 aliphatic rings. The molecule has 4 heterocycles. The Morgan fingerprint density at radius 3 is 2.30 bits per heavy atom. The number of benzene rings is 4. The van der Waals surface area contributed by atoms with Gasteiger partial charge in [-0.05, 0) is 46.9 Å². The summed E-state index contributed by atoms with van der Waals surface area (Å²) in [5, 5.41) is 2.20. The molecule has 0 saturated heterocycles. The van der Waals surface area contributed by atoms with Crippen molar-refractivity contribution in [3.8, 4) is 17.1 Å². The minimum Gasteiger partial charge on any atom is -0.461 e. The second-order valence-corrected chi connectivity index (χ2v) is 11.3. The molecule has 8 rings (SSSR count). The van der Waals surface area contributed by atoms with Crippen molar-refractivity contribution in [2.75, 3.05) is 6.54 Å². The van der Waals surface area contributed by atoms with E-state index >= 15 is 0 Å². The quantitative estimate of drug-likeness (QED) is 0.168. The third-order valence-electron chi connectivity index (χ3n) is 8.77. The second kappa shape index (κ2) is 9.78. The van der Waals surface area contributed by atoms with Crippen LogP contribution in [0.1, 0.15) is 62.8 Å². The number of ether oxygens (including phenoxy) is 2. The first-order chi connectivity index (χ1) is 21.0. The van der Waals surface area contributed by atoms with Gasteiger partial charge in [-0.3, -0.25) is 14.5 Å². The molecule has 0 fully saturated rings. The first kappa shape index (κ1) is 25.7. The van der Waals surface area contributed by atoms with Gasteiger partial charge in [-0.1, -0.05) is 78.9 Å². The van der Waals surface area contributed by atoms with Crippen LogP contribution in [0, 0.1) is 0 Å². The Bertz CT molecular complexity index is 1960. The lowest BCUT2D eigenvalue weighted by Gasteiger charge is -2.46. The molecule has 5 aromatic rings. The van der Waals surface area contributed by atoms with E-state index in [9.17, 15) is 14.4 Å². The number of rotatable bonds is 6. The van der Waals surface area contributed by atoms with Crippen LogP contribution in [0.2, 0.25) is 0 Å². The summed E-state index contributed by atoms with van der Waals surface area (Å²) in [6.45, 7) is 0.309. The second-order valence-electron chi connectivity index (χ2n) is 11.3. The molecule has 3 aliphatic heterocycles. The van der Waals surface area contributed by atoms with Crippen LogP contribution in [0.3, 0.4) is 0 Å². The van der Waals surface area contributed by atoms with Crippen LogP contribution in [-0.2, 0) is 11.2 Å². The highest BCUT2D eigenvalue weighted by Gasteiger charge is 2.49. The monoisotopic (exact) mass is 569 g/mol. The fourth-order valence-corrected chi connectivity index (χ4v) is 6.71. The molecular formula is C36H27NO6. The summed E-state index contributed by atoms with van der Waals surface area (Å²) in [6, 6.07) is 30.5. The van der Waals surface area contributed by atoms with E-state index in [1.165, 1.54) is 4.90 Å². The van der Waals surface area contributed by atoms with Gasteiger partial charge < -0.3 is 13.9 Å². The predicted octanol–water partition coefficient (Wildman–Crippen LogP) is 6.68. The SMILES string of the molecule is O=C1c2ccccc2C(=O)N1CCCC[C@]12Cc3c(ccc4ccccc34)C(O1)c1c(cc(-c3ccccc3)oc1=O)O2. The zero-order valence-corrected chi connectivity index (χ0v) is 23.2. The Hall–Kier alpha value is -5.01. The lowest BCUT2D eigenvalue weighted by molar-refractivity contribution is -0.233. The molecule has 2 bridgehead atoms. The maximum atomic E-state index is 13.5. The van der Waals surface area contributed by atoms with Gasteiger partial charge in [0.15, 0.2) is 0 Å². The third-order valence-corrected chi connectivity index (χ3v) is 8.77. The molecule has 4 aromatic carbocycles. The number of imide groups is 1. The third kappa shape index (κ3) is 4.11. The molecule has 0 radical (unpaired) electrons. The summed E-state index contributed by atoms with van der Waals surface area (Å²) in [5.41, 5.74) is 3.58. The van der Waals surface area contributed by atoms with Gasteiger partial charge in [-0.2, -0.15) is 0 Å². The molecular weight excluding hydrogens is 542 g/mol. The number of nitrogens with zero attached hydrogens (tertiary/aromatic N) is 1. The zero-order valence-electron chi connectivity index (χ0n) is 23.2. The molecule has 1 aromatic heterocycles. The fourth-order valence-electron chi connectivity index (χ4n) is 6.71. The summed E-state index contributed by atoms with van der Waals surface area (Å²) in [7, 11) is 0. The van der Waals surface area contributed by atoms with Crippen molar-refractivity contribution in [2.45, 2.75) is 37.6 Å².